The first kappa shape index (κ1) is 13.1. The van der Waals surface area contributed by atoms with E-state index < -0.39 is 5.60 Å². The van der Waals surface area contributed by atoms with Crippen molar-refractivity contribution in [3.05, 3.63) is 36.0 Å². The lowest BCUT2D eigenvalue weighted by Gasteiger charge is -2.17. The molecule has 1 heterocycles. The molecule has 1 aromatic carbocycles. The number of fused-ring (bicyclic) bond motifs is 1. The molecule has 0 unspecified atom stereocenters. The van der Waals surface area contributed by atoms with Crippen LogP contribution in [-0.4, -0.2) is 22.3 Å². The number of nitrogens with zero attached hydrogens (tertiary/aromatic N) is 1. The summed E-state index contributed by atoms with van der Waals surface area (Å²) in [4.78, 5) is 0. The fourth-order valence-electron chi connectivity index (χ4n) is 2.15. The molecule has 0 spiro atoms. The highest BCUT2D eigenvalue weighted by atomic mass is 16.3. The molecule has 0 fully saturated rings. The van der Waals surface area contributed by atoms with E-state index in [4.69, 9.17) is 0 Å². The fraction of sp³-hybridized carbons (Fsp3) is 0.467. The fourth-order valence-corrected chi connectivity index (χ4v) is 2.15. The monoisotopic (exact) mass is 246 g/mol. The lowest BCUT2D eigenvalue weighted by molar-refractivity contribution is 0.0666. The normalized spacial score (nSPS) is 12.2. The Morgan fingerprint density at radius 2 is 2.06 bits per heavy atom. The summed E-state index contributed by atoms with van der Waals surface area (Å²) in [7, 11) is 1.96. The molecule has 3 heteroatoms. The van der Waals surface area contributed by atoms with Crippen LogP contribution in [0.25, 0.3) is 10.9 Å². The molecule has 2 N–H and O–H groups in total. The Bertz CT molecular complexity index is 523. The second-order valence-corrected chi connectivity index (χ2v) is 5.50. The Labute approximate surface area is 108 Å². The molecule has 0 aliphatic carbocycles. The number of aryl methyl sites for hydroxylation is 1. The van der Waals surface area contributed by atoms with E-state index in [-0.39, 0.29) is 0 Å². The van der Waals surface area contributed by atoms with Crippen LogP contribution in [0.1, 0.15) is 25.8 Å². The zero-order chi connectivity index (χ0) is 13.2. The predicted octanol–water partition coefficient (Wildman–Crippen LogP) is 2.52. The van der Waals surface area contributed by atoms with Crippen molar-refractivity contribution in [2.45, 2.75) is 39.0 Å². The van der Waals surface area contributed by atoms with Crippen molar-refractivity contribution in [2.75, 3.05) is 7.05 Å². The smallest absolute Gasteiger partial charge is 0.0608 e. The standard InChI is InChI=1S/C15H22N2O/c1-15(2,18)7-9-17-8-6-13-10-12(11-16-3)4-5-14(13)17/h4-6,8,10,16,18H,7,9,11H2,1-3H3. The Kier molecular flexibility index (Phi) is 3.73. The van der Waals surface area contributed by atoms with Crippen molar-refractivity contribution in [1.29, 1.82) is 0 Å². The molecule has 2 aromatic rings. The predicted molar refractivity (Wildman–Crippen MR) is 75.6 cm³/mol. The van der Waals surface area contributed by atoms with E-state index >= 15 is 0 Å². The number of aromatic nitrogens is 1. The van der Waals surface area contributed by atoms with Gasteiger partial charge in [0.05, 0.1) is 5.60 Å². The van der Waals surface area contributed by atoms with Crippen LogP contribution in [0.4, 0.5) is 0 Å². The van der Waals surface area contributed by atoms with E-state index in [2.05, 4.69) is 40.3 Å². The van der Waals surface area contributed by atoms with Crippen molar-refractivity contribution < 1.29 is 5.11 Å². The second kappa shape index (κ2) is 5.12. The van der Waals surface area contributed by atoms with Gasteiger partial charge in [-0.1, -0.05) is 6.07 Å². The van der Waals surface area contributed by atoms with Gasteiger partial charge in [0.2, 0.25) is 0 Å². The van der Waals surface area contributed by atoms with Crippen LogP contribution < -0.4 is 5.32 Å². The van der Waals surface area contributed by atoms with E-state index in [1.807, 2.05) is 20.9 Å². The molecular formula is C15H22N2O. The largest absolute Gasteiger partial charge is 0.390 e. The molecule has 2 rings (SSSR count). The highest BCUT2D eigenvalue weighted by Gasteiger charge is 2.12. The summed E-state index contributed by atoms with van der Waals surface area (Å²) in [5.41, 5.74) is 1.92. The summed E-state index contributed by atoms with van der Waals surface area (Å²) >= 11 is 0. The van der Waals surface area contributed by atoms with Gasteiger partial charge in [-0.2, -0.15) is 0 Å². The van der Waals surface area contributed by atoms with Crippen molar-refractivity contribution in [3.8, 4) is 0 Å². The summed E-state index contributed by atoms with van der Waals surface area (Å²) in [6.45, 7) is 5.44. The molecule has 0 saturated carbocycles. The molecule has 0 radical (unpaired) electrons. The molecular weight excluding hydrogens is 224 g/mol. The summed E-state index contributed by atoms with van der Waals surface area (Å²) in [5, 5.41) is 14.2. The molecule has 0 aliphatic heterocycles. The van der Waals surface area contributed by atoms with Gasteiger partial charge in [0.25, 0.3) is 0 Å². The number of hydrogen-bond acceptors (Lipinski definition) is 2. The Balaban J connectivity index is 2.20. The molecule has 1 aromatic heterocycles. The number of nitrogens with one attached hydrogen (secondary N) is 1. The number of aliphatic hydroxyl groups is 1. The minimum absolute atomic E-state index is 0.608. The molecule has 0 saturated heterocycles. The van der Waals surface area contributed by atoms with E-state index in [1.54, 1.807) is 0 Å². The van der Waals surface area contributed by atoms with Gasteiger partial charge < -0.3 is 15.0 Å². The zero-order valence-electron chi connectivity index (χ0n) is 11.4. The lowest BCUT2D eigenvalue weighted by Crippen LogP contribution is -2.20. The molecule has 0 atom stereocenters. The average molecular weight is 246 g/mol. The third-order valence-electron chi connectivity index (χ3n) is 3.18. The van der Waals surface area contributed by atoms with Gasteiger partial charge >= 0.3 is 0 Å². The molecule has 0 bridgehead atoms. The zero-order valence-corrected chi connectivity index (χ0v) is 11.4. The van der Waals surface area contributed by atoms with Crippen molar-refractivity contribution in [1.82, 2.24) is 9.88 Å². The highest BCUT2D eigenvalue weighted by molar-refractivity contribution is 5.80. The van der Waals surface area contributed by atoms with Crippen molar-refractivity contribution in [3.63, 3.8) is 0 Å². The lowest BCUT2D eigenvalue weighted by atomic mass is 10.1. The minimum Gasteiger partial charge on any atom is -0.390 e. The molecule has 3 nitrogen and oxygen atoms in total. The average Bonchev–Trinajstić information content (AvgIpc) is 2.68. The van der Waals surface area contributed by atoms with E-state index in [9.17, 15) is 5.11 Å². The maximum atomic E-state index is 9.78. The summed E-state index contributed by atoms with van der Waals surface area (Å²) in [5.74, 6) is 0. The van der Waals surface area contributed by atoms with Gasteiger partial charge in [-0.3, -0.25) is 0 Å². The Morgan fingerprint density at radius 3 is 2.72 bits per heavy atom. The van der Waals surface area contributed by atoms with Crippen LogP contribution in [0.15, 0.2) is 30.5 Å². The quantitative estimate of drug-likeness (QED) is 0.850. The van der Waals surface area contributed by atoms with Gasteiger partial charge in [-0.05, 0) is 56.5 Å². The molecule has 0 amide bonds. The maximum Gasteiger partial charge on any atom is 0.0608 e. The maximum absolute atomic E-state index is 9.78. The number of rotatable bonds is 5. The number of benzene rings is 1. The number of hydrogen-bond donors (Lipinski definition) is 2. The van der Waals surface area contributed by atoms with Crippen LogP contribution in [-0.2, 0) is 13.1 Å². The minimum atomic E-state index is -0.608. The van der Waals surface area contributed by atoms with Crippen LogP contribution in [0.2, 0.25) is 0 Å². The van der Waals surface area contributed by atoms with Crippen LogP contribution >= 0.6 is 0 Å². The summed E-state index contributed by atoms with van der Waals surface area (Å²) in [6.07, 6.45) is 2.86. The van der Waals surface area contributed by atoms with E-state index in [0.29, 0.717) is 0 Å². The van der Waals surface area contributed by atoms with Gasteiger partial charge in [-0.15, -0.1) is 0 Å². The summed E-state index contributed by atoms with van der Waals surface area (Å²) in [6, 6.07) is 8.66. The van der Waals surface area contributed by atoms with Crippen LogP contribution in [0.3, 0.4) is 0 Å². The van der Waals surface area contributed by atoms with Gasteiger partial charge in [0, 0.05) is 24.8 Å². The third-order valence-corrected chi connectivity index (χ3v) is 3.18. The van der Waals surface area contributed by atoms with Gasteiger partial charge in [0.15, 0.2) is 0 Å². The summed E-state index contributed by atoms with van der Waals surface area (Å²) < 4.78 is 2.20. The van der Waals surface area contributed by atoms with Crippen LogP contribution in [0, 0.1) is 0 Å². The molecule has 0 aliphatic rings. The first-order chi connectivity index (χ1) is 8.49. The highest BCUT2D eigenvalue weighted by Crippen LogP contribution is 2.19. The van der Waals surface area contributed by atoms with Crippen LogP contribution in [0.5, 0.6) is 0 Å². The van der Waals surface area contributed by atoms with E-state index in [1.165, 1.54) is 16.5 Å². The van der Waals surface area contributed by atoms with Gasteiger partial charge in [0.1, 0.15) is 0 Å². The van der Waals surface area contributed by atoms with Crippen molar-refractivity contribution >= 4 is 10.9 Å². The Hall–Kier alpha value is -1.32. The second-order valence-electron chi connectivity index (χ2n) is 5.50. The molecule has 98 valence electrons. The Morgan fingerprint density at radius 1 is 1.28 bits per heavy atom. The van der Waals surface area contributed by atoms with Crippen molar-refractivity contribution in [2.24, 2.45) is 0 Å². The SMILES string of the molecule is CNCc1ccc2c(ccn2CCC(C)(C)O)c1. The van der Waals surface area contributed by atoms with E-state index in [0.717, 1.165) is 19.5 Å². The first-order valence-corrected chi connectivity index (χ1v) is 6.44. The topological polar surface area (TPSA) is 37.2 Å². The third kappa shape index (κ3) is 3.12. The first-order valence-electron chi connectivity index (χ1n) is 6.44. The molecule has 18 heavy (non-hydrogen) atoms. The van der Waals surface area contributed by atoms with Gasteiger partial charge in [-0.25, -0.2) is 0 Å².